The van der Waals surface area contributed by atoms with Gasteiger partial charge in [0.2, 0.25) is 5.91 Å². The van der Waals surface area contributed by atoms with E-state index in [2.05, 4.69) is 20.7 Å². The minimum Gasteiger partial charge on any atom is -0.324 e. The summed E-state index contributed by atoms with van der Waals surface area (Å²) >= 11 is 3.24. The van der Waals surface area contributed by atoms with Crippen molar-refractivity contribution >= 4 is 35.1 Å². The van der Waals surface area contributed by atoms with Crippen molar-refractivity contribution in [3.63, 3.8) is 0 Å². The summed E-state index contributed by atoms with van der Waals surface area (Å²) in [5.74, 6) is 0.934. The van der Waals surface area contributed by atoms with Crippen molar-refractivity contribution in [1.29, 1.82) is 0 Å². The fraction of sp³-hybridized carbons (Fsp3) is 0.250. The highest BCUT2D eigenvalue weighted by Crippen LogP contribution is 2.37. The molecule has 0 saturated heterocycles. The molecule has 19 heavy (non-hydrogen) atoms. The Bertz CT molecular complexity index is 573. The van der Waals surface area contributed by atoms with Crippen LogP contribution < -0.4 is 5.32 Å². The molecule has 3 rings (SSSR count). The van der Waals surface area contributed by atoms with E-state index in [0.29, 0.717) is 0 Å². The second-order valence-electron chi connectivity index (χ2n) is 4.04. The first kappa shape index (κ1) is 12.6. The molecule has 7 heteroatoms. The molecule has 0 radical (unpaired) electrons. The third-order valence-corrected chi connectivity index (χ3v) is 5.01. The number of H-pyrrole nitrogens is 1. The van der Waals surface area contributed by atoms with E-state index in [9.17, 15) is 4.79 Å². The molecule has 0 unspecified atom stereocenters. The molecule has 0 aliphatic carbocycles. The fourth-order valence-corrected chi connectivity index (χ4v) is 3.87. The molecule has 2 N–H and O–H groups in total. The maximum atomic E-state index is 12.0. The van der Waals surface area contributed by atoms with Gasteiger partial charge in [0.05, 0.1) is 17.1 Å². The molecular weight excluding hydrogens is 280 g/mol. The van der Waals surface area contributed by atoms with Crippen LogP contribution >= 0.6 is 23.5 Å². The molecule has 2 aromatic rings. The van der Waals surface area contributed by atoms with E-state index in [1.54, 1.807) is 29.7 Å². The van der Waals surface area contributed by atoms with Crippen LogP contribution in [0.25, 0.3) is 0 Å². The van der Waals surface area contributed by atoms with Gasteiger partial charge >= 0.3 is 0 Å². The maximum absolute atomic E-state index is 12.0. The van der Waals surface area contributed by atoms with Crippen molar-refractivity contribution in [2.24, 2.45) is 0 Å². The molecule has 1 aliphatic heterocycles. The van der Waals surface area contributed by atoms with Crippen molar-refractivity contribution in [3.8, 4) is 0 Å². The van der Waals surface area contributed by atoms with Crippen LogP contribution in [-0.4, -0.2) is 32.3 Å². The Morgan fingerprint density at radius 3 is 3.11 bits per heavy atom. The van der Waals surface area contributed by atoms with Gasteiger partial charge in [0, 0.05) is 10.6 Å². The average molecular weight is 292 g/mol. The number of aromatic nitrogens is 3. The second-order valence-corrected chi connectivity index (χ2v) is 6.40. The minimum atomic E-state index is -0.0331. The number of fused-ring (bicyclic) bond motifs is 1. The lowest BCUT2D eigenvalue weighted by Gasteiger charge is -2.23. The van der Waals surface area contributed by atoms with E-state index >= 15 is 0 Å². The second kappa shape index (κ2) is 5.66. The van der Waals surface area contributed by atoms with Crippen LogP contribution in [0.15, 0.2) is 40.4 Å². The average Bonchev–Trinajstić information content (AvgIpc) is 2.92. The summed E-state index contributed by atoms with van der Waals surface area (Å²) in [6, 6.07) is 7.89. The highest BCUT2D eigenvalue weighted by atomic mass is 32.2. The van der Waals surface area contributed by atoms with E-state index in [1.807, 2.05) is 24.3 Å². The van der Waals surface area contributed by atoms with Gasteiger partial charge in [0.25, 0.3) is 0 Å². The van der Waals surface area contributed by atoms with Crippen LogP contribution in [0.4, 0.5) is 5.69 Å². The lowest BCUT2D eigenvalue weighted by molar-refractivity contribution is -0.115. The number of benzene rings is 1. The number of hydrogen-bond acceptors (Lipinski definition) is 5. The van der Waals surface area contributed by atoms with Gasteiger partial charge in [-0.25, -0.2) is 0 Å². The van der Waals surface area contributed by atoms with Crippen molar-refractivity contribution in [2.75, 3.05) is 11.1 Å². The lowest BCUT2D eigenvalue weighted by Crippen LogP contribution is -2.29. The first-order valence-electron chi connectivity index (χ1n) is 5.88. The quantitative estimate of drug-likeness (QED) is 0.847. The van der Waals surface area contributed by atoms with Crippen LogP contribution in [0.5, 0.6) is 0 Å². The summed E-state index contributed by atoms with van der Waals surface area (Å²) in [6.07, 6.45) is 2.50. The van der Waals surface area contributed by atoms with E-state index in [0.717, 1.165) is 27.8 Å². The van der Waals surface area contributed by atoms with Crippen LogP contribution in [-0.2, 0) is 4.79 Å². The molecule has 0 saturated carbocycles. The molecule has 1 atom stereocenters. The number of hydrogen-bond donors (Lipinski definition) is 2. The molecule has 2 heterocycles. The molecule has 0 spiro atoms. The normalized spacial score (nSPS) is 17.9. The number of aromatic amines is 1. The van der Waals surface area contributed by atoms with Gasteiger partial charge in [-0.05, 0) is 18.6 Å². The van der Waals surface area contributed by atoms with Crippen LogP contribution in [0.1, 0.15) is 6.42 Å². The number of thioether (sulfide) groups is 2. The topological polar surface area (TPSA) is 70.7 Å². The van der Waals surface area contributed by atoms with Gasteiger partial charge in [0.1, 0.15) is 5.03 Å². The molecule has 1 aromatic carbocycles. The number of amides is 1. The molecule has 98 valence electrons. The Labute approximate surface area is 118 Å². The van der Waals surface area contributed by atoms with Crippen molar-refractivity contribution in [1.82, 2.24) is 15.4 Å². The van der Waals surface area contributed by atoms with Crippen molar-refractivity contribution in [3.05, 3.63) is 30.5 Å². The Morgan fingerprint density at radius 2 is 2.26 bits per heavy atom. The number of rotatable bonds is 4. The maximum Gasteiger partial charge on any atom is 0.237 e. The fourth-order valence-electron chi connectivity index (χ4n) is 1.81. The van der Waals surface area contributed by atoms with E-state index < -0.39 is 0 Å². The molecular formula is C12H12N4OS2. The molecule has 1 aromatic heterocycles. The summed E-state index contributed by atoms with van der Waals surface area (Å²) in [7, 11) is 0. The van der Waals surface area contributed by atoms with Crippen LogP contribution in [0.3, 0.4) is 0 Å². The molecule has 1 aliphatic rings. The van der Waals surface area contributed by atoms with Crippen molar-refractivity contribution < 1.29 is 4.79 Å². The van der Waals surface area contributed by atoms with E-state index in [1.165, 1.54) is 0 Å². The number of nitrogens with one attached hydrogen (secondary N) is 2. The molecule has 0 bridgehead atoms. The predicted octanol–water partition coefficient (Wildman–Crippen LogP) is 2.40. The molecule has 0 fully saturated rings. The smallest absolute Gasteiger partial charge is 0.237 e. The van der Waals surface area contributed by atoms with Crippen LogP contribution in [0, 0.1) is 0 Å². The zero-order valence-electron chi connectivity index (χ0n) is 10.00. The standard InChI is InChI=1S/C12H12N4OS2/c17-12-10(5-6-18-11-7-13-16-15-11)19-9-4-2-1-3-8(9)14-12/h1-4,7,10H,5-6H2,(H,14,17)(H,13,15,16)/t10-/m1/s1. The summed E-state index contributed by atoms with van der Waals surface area (Å²) in [5.41, 5.74) is 0.915. The van der Waals surface area contributed by atoms with Gasteiger partial charge in [-0.2, -0.15) is 10.3 Å². The Balaban J connectivity index is 1.59. The summed E-state index contributed by atoms with van der Waals surface area (Å²) in [6.45, 7) is 0. The van der Waals surface area contributed by atoms with Crippen LogP contribution in [0.2, 0.25) is 0 Å². The van der Waals surface area contributed by atoms with E-state index in [-0.39, 0.29) is 11.2 Å². The number of para-hydroxylation sites is 1. The SMILES string of the molecule is O=C1Nc2ccccc2S[C@@H]1CCSc1cn[nH]n1. The highest BCUT2D eigenvalue weighted by molar-refractivity contribution is 8.01. The zero-order chi connectivity index (χ0) is 13.1. The van der Waals surface area contributed by atoms with Gasteiger partial charge in [-0.3, -0.25) is 4.79 Å². The predicted molar refractivity (Wildman–Crippen MR) is 76.4 cm³/mol. The molecule has 1 amide bonds. The first-order valence-corrected chi connectivity index (χ1v) is 7.74. The summed E-state index contributed by atoms with van der Waals surface area (Å²) in [5, 5.41) is 14.1. The number of anilines is 1. The van der Waals surface area contributed by atoms with Gasteiger partial charge in [0.15, 0.2) is 0 Å². The van der Waals surface area contributed by atoms with Crippen molar-refractivity contribution in [2.45, 2.75) is 21.6 Å². The van der Waals surface area contributed by atoms with Gasteiger partial charge in [-0.1, -0.05) is 12.1 Å². The zero-order valence-corrected chi connectivity index (χ0v) is 11.6. The lowest BCUT2D eigenvalue weighted by atomic mass is 10.2. The van der Waals surface area contributed by atoms with E-state index in [4.69, 9.17) is 0 Å². The van der Waals surface area contributed by atoms with Gasteiger partial charge < -0.3 is 5.32 Å². The Morgan fingerprint density at radius 1 is 1.37 bits per heavy atom. The highest BCUT2D eigenvalue weighted by Gasteiger charge is 2.26. The Kier molecular flexibility index (Phi) is 3.74. The molecule has 5 nitrogen and oxygen atoms in total. The summed E-state index contributed by atoms with van der Waals surface area (Å²) in [4.78, 5) is 13.1. The summed E-state index contributed by atoms with van der Waals surface area (Å²) < 4.78 is 0. The monoisotopic (exact) mass is 292 g/mol. The largest absolute Gasteiger partial charge is 0.324 e. The minimum absolute atomic E-state index is 0.0331. The number of carbonyl (C=O) groups is 1. The number of carbonyl (C=O) groups excluding carboxylic acids is 1. The third-order valence-electron chi connectivity index (χ3n) is 2.73. The van der Waals surface area contributed by atoms with Gasteiger partial charge in [-0.15, -0.1) is 28.6 Å². The number of nitrogens with zero attached hydrogens (tertiary/aromatic N) is 2. The first-order chi connectivity index (χ1) is 9.33. The third kappa shape index (κ3) is 2.93. The Hall–Kier alpha value is -1.47.